The molecule has 0 aliphatic heterocycles. The monoisotopic (exact) mass is 376 g/mol. The number of hydrogen-bond donors (Lipinski definition) is 1. The summed E-state index contributed by atoms with van der Waals surface area (Å²) in [6.07, 6.45) is 0. The summed E-state index contributed by atoms with van der Waals surface area (Å²) < 4.78 is 5.40. The lowest BCUT2D eigenvalue weighted by Gasteiger charge is -2.20. The van der Waals surface area contributed by atoms with Gasteiger partial charge < -0.3 is 10.1 Å². The van der Waals surface area contributed by atoms with Crippen LogP contribution in [0.25, 0.3) is 0 Å². The van der Waals surface area contributed by atoms with Gasteiger partial charge in [-0.05, 0) is 24.1 Å². The van der Waals surface area contributed by atoms with Crippen molar-refractivity contribution in [2.75, 3.05) is 6.61 Å². The normalized spacial score (nSPS) is 11.5. The maximum atomic E-state index is 12.5. The molecule has 6 nitrogen and oxygen atoms in total. The number of para-hydroxylation sites is 2. The molecule has 0 bridgehead atoms. The number of aryl methyl sites for hydroxylation is 1. The van der Waals surface area contributed by atoms with Gasteiger partial charge in [0.15, 0.2) is 12.4 Å². The Morgan fingerprint density at radius 3 is 2.25 bits per heavy atom. The molecular weight excluding hydrogens is 356 g/mol. The van der Waals surface area contributed by atoms with Crippen LogP contribution in [0.1, 0.15) is 22.7 Å². The van der Waals surface area contributed by atoms with Gasteiger partial charge in [-0.2, -0.15) is 0 Å². The van der Waals surface area contributed by atoms with Crippen LogP contribution in [-0.4, -0.2) is 17.4 Å². The molecule has 0 aliphatic carbocycles. The van der Waals surface area contributed by atoms with E-state index in [1.54, 1.807) is 12.1 Å². The third kappa shape index (κ3) is 4.73. The molecule has 3 rings (SSSR count). The molecule has 1 N–H and O–H groups in total. The summed E-state index contributed by atoms with van der Waals surface area (Å²) in [5.74, 6) is -0.304. The fraction of sp³-hybridized carbons (Fsp3) is 0.136. The van der Waals surface area contributed by atoms with Crippen molar-refractivity contribution in [3.8, 4) is 5.75 Å². The predicted molar refractivity (Wildman–Crippen MR) is 106 cm³/mol. The molecule has 0 heterocycles. The summed E-state index contributed by atoms with van der Waals surface area (Å²) in [5.41, 5.74) is 2.83. The number of nitrogens with zero attached hydrogens (tertiary/aromatic N) is 1. The molecular formula is C22H20N2O4. The van der Waals surface area contributed by atoms with E-state index in [4.69, 9.17) is 4.74 Å². The van der Waals surface area contributed by atoms with E-state index in [0.717, 1.165) is 16.7 Å². The van der Waals surface area contributed by atoms with E-state index in [0.29, 0.717) is 0 Å². The highest BCUT2D eigenvalue weighted by molar-refractivity contribution is 5.78. The van der Waals surface area contributed by atoms with Gasteiger partial charge in [0.1, 0.15) is 0 Å². The standard InChI is InChI=1S/C22H20N2O4/c1-16-11-13-18(14-12-16)22(17-7-3-2-4-8-17)23-21(25)15-28-20-10-6-5-9-19(20)24(26)27/h2-14,22H,15H2,1H3,(H,23,25)/t22-/m0/s1. The molecule has 28 heavy (non-hydrogen) atoms. The number of carbonyl (C=O) groups excluding carboxylic acids is 1. The van der Waals surface area contributed by atoms with Crippen molar-refractivity contribution in [1.82, 2.24) is 5.32 Å². The SMILES string of the molecule is Cc1ccc([C@@H](NC(=O)COc2ccccc2[N+](=O)[O-])c2ccccc2)cc1. The Bertz CT molecular complexity index is 956. The largest absolute Gasteiger partial charge is 0.477 e. The molecule has 3 aromatic rings. The summed E-state index contributed by atoms with van der Waals surface area (Å²) in [6, 6.07) is 23.2. The summed E-state index contributed by atoms with van der Waals surface area (Å²) in [7, 11) is 0. The molecule has 3 aromatic carbocycles. The average molecular weight is 376 g/mol. The Morgan fingerprint density at radius 1 is 0.964 bits per heavy atom. The fourth-order valence-corrected chi connectivity index (χ4v) is 2.84. The summed E-state index contributed by atoms with van der Waals surface area (Å²) >= 11 is 0. The number of benzene rings is 3. The Morgan fingerprint density at radius 2 is 1.57 bits per heavy atom. The minimum Gasteiger partial charge on any atom is -0.477 e. The highest BCUT2D eigenvalue weighted by Gasteiger charge is 2.19. The summed E-state index contributed by atoms with van der Waals surface area (Å²) in [5, 5.41) is 14.0. The average Bonchev–Trinajstić information content (AvgIpc) is 2.72. The van der Waals surface area contributed by atoms with Crippen LogP contribution in [-0.2, 0) is 4.79 Å². The summed E-state index contributed by atoms with van der Waals surface area (Å²) in [4.78, 5) is 23.0. The second-order valence-electron chi connectivity index (χ2n) is 6.34. The molecule has 6 heteroatoms. The molecule has 1 amide bonds. The van der Waals surface area contributed by atoms with Gasteiger partial charge in [0.2, 0.25) is 0 Å². The Kier molecular flexibility index (Phi) is 6.01. The van der Waals surface area contributed by atoms with Gasteiger partial charge in [-0.25, -0.2) is 0 Å². The number of ether oxygens (including phenoxy) is 1. The van der Waals surface area contributed by atoms with Crippen molar-refractivity contribution >= 4 is 11.6 Å². The first-order valence-electron chi connectivity index (χ1n) is 8.81. The van der Waals surface area contributed by atoms with E-state index >= 15 is 0 Å². The number of nitro benzene ring substituents is 1. The lowest BCUT2D eigenvalue weighted by Crippen LogP contribution is -2.33. The van der Waals surface area contributed by atoms with Gasteiger partial charge in [0.05, 0.1) is 11.0 Å². The molecule has 0 saturated heterocycles. The maximum absolute atomic E-state index is 12.5. The molecule has 0 aliphatic rings. The first-order valence-corrected chi connectivity index (χ1v) is 8.81. The lowest BCUT2D eigenvalue weighted by molar-refractivity contribution is -0.385. The van der Waals surface area contributed by atoms with Crippen molar-refractivity contribution in [3.63, 3.8) is 0 Å². The Hall–Kier alpha value is -3.67. The predicted octanol–water partition coefficient (Wildman–Crippen LogP) is 4.19. The first kappa shape index (κ1) is 19.1. The van der Waals surface area contributed by atoms with Crippen LogP contribution >= 0.6 is 0 Å². The number of hydrogen-bond acceptors (Lipinski definition) is 4. The second-order valence-corrected chi connectivity index (χ2v) is 6.34. The molecule has 0 saturated carbocycles. The Balaban J connectivity index is 1.75. The molecule has 0 aromatic heterocycles. The first-order chi connectivity index (χ1) is 13.5. The van der Waals surface area contributed by atoms with Crippen LogP contribution < -0.4 is 10.1 Å². The number of nitro groups is 1. The van der Waals surface area contributed by atoms with Crippen LogP contribution in [0.5, 0.6) is 5.75 Å². The number of carbonyl (C=O) groups is 1. The van der Waals surface area contributed by atoms with Crippen LogP contribution in [0.2, 0.25) is 0 Å². The third-order valence-electron chi connectivity index (χ3n) is 4.27. The van der Waals surface area contributed by atoms with Crippen molar-refractivity contribution in [2.24, 2.45) is 0 Å². The van der Waals surface area contributed by atoms with Gasteiger partial charge in [-0.15, -0.1) is 0 Å². The maximum Gasteiger partial charge on any atom is 0.310 e. The van der Waals surface area contributed by atoms with E-state index in [1.807, 2.05) is 61.5 Å². The summed E-state index contributed by atoms with van der Waals surface area (Å²) in [6.45, 7) is 1.68. The van der Waals surface area contributed by atoms with Crippen LogP contribution in [0.4, 0.5) is 5.69 Å². The van der Waals surface area contributed by atoms with Crippen molar-refractivity contribution in [2.45, 2.75) is 13.0 Å². The highest BCUT2D eigenvalue weighted by Crippen LogP contribution is 2.26. The van der Waals surface area contributed by atoms with Crippen molar-refractivity contribution in [3.05, 3.63) is 106 Å². The number of amides is 1. The van der Waals surface area contributed by atoms with Crippen molar-refractivity contribution < 1.29 is 14.5 Å². The van der Waals surface area contributed by atoms with Crippen molar-refractivity contribution in [1.29, 1.82) is 0 Å². The fourth-order valence-electron chi connectivity index (χ4n) is 2.84. The zero-order valence-corrected chi connectivity index (χ0v) is 15.4. The third-order valence-corrected chi connectivity index (χ3v) is 4.27. The quantitative estimate of drug-likeness (QED) is 0.495. The molecule has 0 spiro atoms. The highest BCUT2D eigenvalue weighted by atomic mass is 16.6. The Labute approximate surface area is 162 Å². The van der Waals surface area contributed by atoms with Crippen LogP contribution in [0.3, 0.4) is 0 Å². The van der Waals surface area contributed by atoms with Crippen LogP contribution in [0, 0.1) is 17.0 Å². The smallest absolute Gasteiger partial charge is 0.310 e. The van der Waals surface area contributed by atoms with Gasteiger partial charge >= 0.3 is 5.69 Å². The molecule has 0 radical (unpaired) electrons. The topological polar surface area (TPSA) is 81.5 Å². The second kappa shape index (κ2) is 8.81. The molecule has 0 unspecified atom stereocenters. The molecule has 0 fully saturated rings. The minimum absolute atomic E-state index is 0.0641. The lowest BCUT2D eigenvalue weighted by atomic mass is 9.98. The van der Waals surface area contributed by atoms with E-state index < -0.39 is 4.92 Å². The van der Waals surface area contributed by atoms with Crippen LogP contribution in [0.15, 0.2) is 78.9 Å². The zero-order chi connectivity index (χ0) is 19.9. The molecule has 142 valence electrons. The van der Waals surface area contributed by atoms with E-state index in [2.05, 4.69) is 5.32 Å². The van der Waals surface area contributed by atoms with E-state index in [9.17, 15) is 14.9 Å². The zero-order valence-electron chi connectivity index (χ0n) is 15.4. The van der Waals surface area contributed by atoms with E-state index in [1.165, 1.54) is 12.1 Å². The van der Waals surface area contributed by atoms with Gasteiger partial charge in [-0.1, -0.05) is 72.3 Å². The number of rotatable bonds is 7. The minimum atomic E-state index is -0.535. The van der Waals surface area contributed by atoms with Gasteiger partial charge in [0, 0.05) is 6.07 Å². The van der Waals surface area contributed by atoms with Gasteiger partial charge in [0.25, 0.3) is 5.91 Å². The number of nitrogens with one attached hydrogen (secondary N) is 1. The molecule has 1 atom stereocenters. The van der Waals surface area contributed by atoms with Gasteiger partial charge in [-0.3, -0.25) is 14.9 Å². The van der Waals surface area contributed by atoms with E-state index in [-0.39, 0.29) is 30.0 Å².